The molecule has 0 aromatic heterocycles. The molecule has 0 heterocycles. The number of hydrogen-bond acceptors (Lipinski definition) is 4. The van der Waals surface area contributed by atoms with Crippen LogP contribution in [0.1, 0.15) is 36.2 Å². The number of phenolic OH excluding ortho intramolecular Hbond substituents is 1. The van der Waals surface area contributed by atoms with Gasteiger partial charge in [0.15, 0.2) is 5.78 Å². The highest BCUT2D eigenvalue weighted by atomic mass is 16.6. The lowest BCUT2D eigenvalue weighted by Crippen LogP contribution is -1.99. The Morgan fingerprint density at radius 3 is 2.32 bits per heavy atom. The number of non-ortho nitro benzene ring substituents is 1. The molecular formula is C17H17NO4. The number of aromatic hydroxyl groups is 1. The van der Waals surface area contributed by atoms with E-state index in [1.54, 1.807) is 24.3 Å². The predicted molar refractivity (Wildman–Crippen MR) is 84.2 cm³/mol. The summed E-state index contributed by atoms with van der Waals surface area (Å²) in [5.74, 6) is -0.185. The average molecular weight is 299 g/mol. The maximum atomic E-state index is 11.6. The van der Waals surface area contributed by atoms with E-state index in [0.29, 0.717) is 17.5 Å². The lowest BCUT2D eigenvalue weighted by molar-refractivity contribution is -0.384. The van der Waals surface area contributed by atoms with Crippen LogP contribution in [0.5, 0.6) is 5.75 Å². The van der Waals surface area contributed by atoms with Gasteiger partial charge in [0.1, 0.15) is 5.75 Å². The zero-order valence-corrected chi connectivity index (χ0v) is 12.5. The van der Waals surface area contributed by atoms with Crippen LogP contribution in [0.15, 0.2) is 36.4 Å². The summed E-state index contributed by atoms with van der Waals surface area (Å²) < 4.78 is 0. The highest BCUT2D eigenvalue weighted by Gasteiger charge is 2.16. The normalized spacial score (nSPS) is 10.5. The van der Waals surface area contributed by atoms with Crippen LogP contribution in [0.4, 0.5) is 5.69 Å². The molecule has 2 aromatic rings. The fourth-order valence-electron chi connectivity index (χ4n) is 2.46. The molecule has 0 amide bonds. The summed E-state index contributed by atoms with van der Waals surface area (Å²) in [6, 6.07) is 9.54. The van der Waals surface area contributed by atoms with Crippen LogP contribution >= 0.6 is 0 Å². The van der Waals surface area contributed by atoms with Crippen molar-refractivity contribution >= 4 is 11.5 Å². The number of nitrogens with zero attached hydrogens (tertiary/aromatic N) is 1. The van der Waals surface area contributed by atoms with Gasteiger partial charge >= 0.3 is 0 Å². The highest BCUT2D eigenvalue weighted by Crippen LogP contribution is 2.34. The summed E-state index contributed by atoms with van der Waals surface area (Å²) in [4.78, 5) is 21.8. The molecule has 5 nitrogen and oxygen atoms in total. The van der Waals surface area contributed by atoms with Gasteiger partial charge in [0.25, 0.3) is 5.69 Å². The van der Waals surface area contributed by atoms with Gasteiger partial charge in [0.2, 0.25) is 0 Å². The summed E-state index contributed by atoms with van der Waals surface area (Å²) in [5.41, 5.74) is 2.59. The first-order valence-electron chi connectivity index (χ1n) is 7.06. The molecule has 0 unspecified atom stereocenters. The Morgan fingerprint density at radius 2 is 1.82 bits per heavy atom. The highest BCUT2D eigenvalue weighted by molar-refractivity contribution is 5.98. The zero-order chi connectivity index (χ0) is 16.3. The van der Waals surface area contributed by atoms with Crippen LogP contribution in [0.2, 0.25) is 0 Å². The fourth-order valence-corrected chi connectivity index (χ4v) is 2.46. The van der Waals surface area contributed by atoms with E-state index in [4.69, 9.17) is 0 Å². The van der Waals surface area contributed by atoms with Crippen molar-refractivity contribution in [1.29, 1.82) is 0 Å². The summed E-state index contributed by atoms with van der Waals surface area (Å²) in [6.45, 7) is 3.40. The van der Waals surface area contributed by atoms with Crippen molar-refractivity contribution in [3.8, 4) is 16.9 Å². The summed E-state index contributed by atoms with van der Waals surface area (Å²) >= 11 is 0. The Hall–Kier alpha value is -2.69. The van der Waals surface area contributed by atoms with Gasteiger partial charge in [-0.1, -0.05) is 19.4 Å². The SMILES string of the molecule is CCCc1c(-c2ccc([N+](=O)[O-])cc2)ccc(C(C)=O)c1O. The summed E-state index contributed by atoms with van der Waals surface area (Å²) in [5, 5.41) is 21.1. The van der Waals surface area contributed by atoms with E-state index in [-0.39, 0.29) is 17.2 Å². The summed E-state index contributed by atoms with van der Waals surface area (Å²) in [7, 11) is 0. The van der Waals surface area contributed by atoms with Gasteiger partial charge < -0.3 is 5.11 Å². The van der Waals surface area contributed by atoms with E-state index >= 15 is 0 Å². The Labute approximate surface area is 128 Å². The van der Waals surface area contributed by atoms with Crippen LogP contribution < -0.4 is 0 Å². The Balaban J connectivity index is 2.56. The third-order valence-corrected chi connectivity index (χ3v) is 3.55. The van der Waals surface area contributed by atoms with E-state index in [9.17, 15) is 20.0 Å². The number of carbonyl (C=O) groups is 1. The van der Waals surface area contributed by atoms with Gasteiger partial charge in [-0.05, 0) is 42.7 Å². The van der Waals surface area contributed by atoms with Crippen LogP contribution in [-0.2, 0) is 6.42 Å². The monoisotopic (exact) mass is 299 g/mol. The number of rotatable bonds is 5. The second-order valence-electron chi connectivity index (χ2n) is 5.10. The molecule has 114 valence electrons. The van der Waals surface area contributed by atoms with Gasteiger partial charge in [0, 0.05) is 17.7 Å². The molecule has 0 saturated heterocycles. The Morgan fingerprint density at radius 1 is 1.18 bits per heavy atom. The van der Waals surface area contributed by atoms with Crippen molar-refractivity contribution in [2.24, 2.45) is 0 Å². The summed E-state index contributed by atoms with van der Waals surface area (Å²) in [6.07, 6.45) is 1.44. The molecule has 1 N–H and O–H groups in total. The maximum absolute atomic E-state index is 11.6. The molecule has 0 aliphatic rings. The van der Waals surface area contributed by atoms with Crippen molar-refractivity contribution in [3.05, 3.63) is 57.6 Å². The zero-order valence-electron chi connectivity index (χ0n) is 12.5. The first kappa shape index (κ1) is 15.7. The van der Waals surface area contributed by atoms with Gasteiger partial charge in [-0.3, -0.25) is 14.9 Å². The third kappa shape index (κ3) is 2.98. The lowest BCUT2D eigenvalue weighted by Gasteiger charge is -2.13. The largest absolute Gasteiger partial charge is 0.507 e. The first-order valence-corrected chi connectivity index (χ1v) is 7.06. The average Bonchev–Trinajstić information content (AvgIpc) is 2.49. The van der Waals surface area contributed by atoms with Crippen LogP contribution in [-0.4, -0.2) is 15.8 Å². The maximum Gasteiger partial charge on any atom is 0.269 e. The molecule has 0 radical (unpaired) electrons. The number of nitro benzene ring substituents is 1. The van der Waals surface area contributed by atoms with Crippen molar-refractivity contribution < 1.29 is 14.8 Å². The topological polar surface area (TPSA) is 80.4 Å². The molecular weight excluding hydrogens is 282 g/mol. The first-order chi connectivity index (χ1) is 10.5. The van der Waals surface area contributed by atoms with Crippen molar-refractivity contribution in [2.45, 2.75) is 26.7 Å². The molecule has 2 aromatic carbocycles. The molecule has 0 aliphatic carbocycles. The quantitative estimate of drug-likeness (QED) is 0.511. The minimum absolute atomic E-state index is 0.00482. The van der Waals surface area contributed by atoms with E-state index < -0.39 is 4.92 Å². The number of nitro groups is 1. The van der Waals surface area contributed by atoms with Crippen LogP contribution in [0, 0.1) is 10.1 Å². The predicted octanol–water partition coefficient (Wildman–Crippen LogP) is 4.12. The van der Waals surface area contributed by atoms with Gasteiger partial charge in [-0.2, -0.15) is 0 Å². The molecule has 2 rings (SSSR count). The minimum atomic E-state index is -0.451. The number of benzene rings is 2. The smallest absolute Gasteiger partial charge is 0.269 e. The van der Waals surface area contributed by atoms with Crippen LogP contribution in [0.3, 0.4) is 0 Å². The van der Waals surface area contributed by atoms with Crippen molar-refractivity contribution in [1.82, 2.24) is 0 Å². The molecule has 22 heavy (non-hydrogen) atoms. The molecule has 0 atom stereocenters. The Kier molecular flexibility index (Phi) is 4.56. The van der Waals surface area contributed by atoms with Gasteiger partial charge in [-0.25, -0.2) is 0 Å². The molecule has 0 aliphatic heterocycles. The minimum Gasteiger partial charge on any atom is -0.507 e. The molecule has 0 saturated carbocycles. The molecule has 0 spiro atoms. The molecule has 5 heteroatoms. The number of phenols is 1. The standard InChI is InChI=1S/C17H17NO4/c1-3-4-16-15(10-9-14(11(2)19)17(16)20)12-5-7-13(8-6-12)18(21)22/h5-10,20H,3-4H2,1-2H3. The second kappa shape index (κ2) is 6.39. The second-order valence-corrected chi connectivity index (χ2v) is 5.10. The number of ketones is 1. The van der Waals surface area contributed by atoms with E-state index in [1.807, 2.05) is 6.92 Å². The van der Waals surface area contributed by atoms with E-state index in [1.165, 1.54) is 19.1 Å². The fraction of sp³-hybridized carbons (Fsp3) is 0.235. The lowest BCUT2D eigenvalue weighted by atomic mass is 9.92. The van der Waals surface area contributed by atoms with E-state index in [0.717, 1.165) is 17.5 Å². The van der Waals surface area contributed by atoms with Gasteiger partial charge in [-0.15, -0.1) is 0 Å². The number of Topliss-reactive ketones (excluding diaryl/α,β-unsaturated/α-hetero) is 1. The Bertz CT molecular complexity index is 720. The number of carbonyl (C=O) groups excluding carboxylic acids is 1. The number of hydrogen-bond donors (Lipinski definition) is 1. The van der Waals surface area contributed by atoms with E-state index in [2.05, 4.69) is 0 Å². The molecule has 0 fully saturated rings. The van der Waals surface area contributed by atoms with Crippen molar-refractivity contribution in [3.63, 3.8) is 0 Å². The third-order valence-electron chi connectivity index (χ3n) is 3.55. The van der Waals surface area contributed by atoms with Crippen LogP contribution in [0.25, 0.3) is 11.1 Å². The molecule has 0 bridgehead atoms. The van der Waals surface area contributed by atoms with Gasteiger partial charge in [0.05, 0.1) is 10.5 Å². The van der Waals surface area contributed by atoms with Crippen molar-refractivity contribution in [2.75, 3.05) is 0 Å².